The smallest absolute Gasteiger partial charge is 0.229 e. The van der Waals surface area contributed by atoms with E-state index in [4.69, 9.17) is 4.43 Å². The Kier molecular flexibility index (Phi) is 12.0. The van der Waals surface area contributed by atoms with Crippen LogP contribution in [0.2, 0.25) is 18.1 Å². The monoisotopic (exact) mass is 683 g/mol. The highest BCUT2D eigenvalue weighted by Gasteiger charge is 2.40. The Morgan fingerprint density at radius 3 is 2.15 bits per heavy atom. The molecule has 9 nitrogen and oxygen atoms in total. The summed E-state index contributed by atoms with van der Waals surface area (Å²) < 4.78 is 33.2. The molecule has 0 aliphatic rings. The van der Waals surface area contributed by atoms with Crippen molar-refractivity contribution in [2.75, 3.05) is 17.5 Å². The molecule has 0 radical (unpaired) electrons. The van der Waals surface area contributed by atoms with Crippen LogP contribution in [0.3, 0.4) is 0 Å². The van der Waals surface area contributed by atoms with Crippen molar-refractivity contribution in [1.82, 2.24) is 10.6 Å². The van der Waals surface area contributed by atoms with Crippen molar-refractivity contribution in [2.24, 2.45) is 0 Å². The van der Waals surface area contributed by atoms with Crippen LogP contribution in [0.15, 0.2) is 54.6 Å². The molecule has 1 atom stereocenters. The number of carbonyl (C=O) groups is 1. The van der Waals surface area contributed by atoms with E-state index in [-0.39, 0.29) is 40.1 Å². The predicted molar refractivity (Wildman–Crippen MR) is 193 cm³/mol. The van der Waals surface area contributed by atoms with Crippen LogP contribution in [-0.2, 0) is 38.6 Å². The highest BCUT2D eigenvalue weighted by Crippen LogP contribution is 2.40. The van der Waals surface area contributed by atoms with Crippen molar-refractivity contribution < 1.29 is 27.9 Å². The number of sulfonamides is 1. The summed E-state index contributed by atoms with van der Waals surface area (Å²) in [6.07, 6.45) is 1.60. The second kappa shape index (κ2) is 14.8. The van der Waals surface area contributed by atoms with E-state index in [1.807, 2.05) is 26.0 Å². The summed E-state index contributed by atoms with van der Waals surface area (Å²) in [6, 6.07) is 16.4. The predicted octanol–water partition coefficient (Wildman–Crippen LogP) is 6.62. The first-order valence-electron chi connectivity index (χ1n) is 15.9. The fourth-order valence-corrected chi connectivity index (χ4v) is 7.12. The summed E-state index contributed by atoms with van der Waals surface area (Å²) in [6.45, 7) is 19.8. The van der Waals surface area contributed by atoms with Crippen molar-refractivity contribution in [3.63, 3.8) is 0 Å². The van der Waals surface area contributed by atoms with Crippen molar-refractivity contribution in [2.45, 2.75) is 97.6 Å². The van der Waals surface area contributed by atoms with Crippen LogP contribution < -0.4 is 15.4 Å². The van der Waals surface area contributed by atoms with Crippen molar-refractivity contribution in [3.8, 4) is 11.5 Å². The van der Waals surface area contributed by atoms with Crippen LogP contribution >= 0.6 is 0 Å². The van der Waals surface area contributed by atoms with Gasteiger partial charge in [-0.25, -0.2) is 8.42 Å². The number of anilines is 1. The molecule has 0 aliphatic carbocycles. The fourth-order valence-electron chi connectivity index (χ4n) is 5.27. The summed E-state index contributed by atoms with van der Waals surface area (Å²) in [5.41, 5.74) is 5.40. The molecule has 3 rings (SSSR count). The largest absolute Gasteiger partial charge is 0.508 e. The lowest BCUT2D eigenvalue weighted by Crippen LogP contribution is -2.47. The minimum atomic E-state index is -3.59. The normalized spacial score (nSPS) is 13.3. The SMILES string of the molecule is Cc1cc(O)cc(C)c1CNC(=O)Cc1cccc(CC(C)(C)NC[C@H](O[Si](C)(C)C(C)(C)C)c2ccc(O)c(NS(C)(=O)=O)c2)c1. The lowest BCUT2D eigenvalue weighted by Gasteiger charge is -2.40. The molecule has 0 bridgehead atoms. The second-order valence-corrected chi connectivity index (χ2v) is 21.3. The van der Waals surface area contributed by atoms with E-state index in [1.165, 1.54) is 6.07 Å². The minimum Gasteiger partial charge on any atom is -0.508 e. The van der Waals surface area contributed by atoms with Crippen LogP contribution in [0.1, 0.15) is 74.1 Å². The molecule has 0 saturated carbocycles. The summed E-state index contributed by atoms with van der Waals surface area (Å²) in [5.74, 6) is -0.00677. The van der Waals surface area contributed by atoms with Gasteiger partial charge in [0.25, 0.3) is 0 Å². The molecule has 3 aromatic carbocycles. The zero-order valence-corrected chi connectivity index (χ0v) is 31.4. The quantitative estimate of drug-likeness (QED) is 0.0952. The molecule has 258 valence electrons. The Morgan fingerprint density at radius 2 is 1.55 bits per heavy atom. The molecule has 0 heterocycles. The Labute approximate surface area is 282 Å². The Morgan fingerprint density at radius 1 is 0.936 bits per heavy atom. The van der Waals surface area contributed by atoms with Gasteiger partial charge in [0.1, 0.15) is 11.5 Å². The number of hydrogen-bond donors (Lipinski definition) is 5. The Bertz CT molecular complexity index is 1660. The average Bonchev–Trinajstić information content (AvgIpc) is 2.90. The third-order valence-electron chi connectivity index (χ3n) is 8.84. The first-order valence-corrected chi connectivity index (χ1v) is 20.7. The lowest BCUT2D eigenvalue weighted by molar-refractivity contribution is -0.120. The molecule has 47 heavy (non-hydrogen) atoms. The van der Waals surface area contributed by atoms with Crippen LogP contribution in [0.5, 0.6) is 11.5 Å². The van der Waals surface area contributed by atoms with Crippen LogP contribution in [0.25, 0.3) is 0 Å². The molecule has 5 N–H and O–H groups in total. The summed E-state index contributed by atoms with van der Waals surface area (Å²) in [5, 5.41) is 26.8. The number of amides is 1. The number of phenols is 2. The van der Waals surface area contributed by atoms with E-state index < -0.39 is 24.4 Å². The maximum absolute atomic E-state index is 12.9. The van der Waals surface area contributed by atoms with Crippen molar-refractivity contribution in [3.05, 3.63) is 88.0 Å². The maximum Gasteiger partial charge on any atom is 0.229 e. The zero-order valence-electron chi connectivity index (χ0n) is 29.5. The molecule has 1 amide bonds. The topological polar surface area (TPSA) is 137 Å². The number of benzene rings is 3. The molecule has 3 aromatic rings. The maximum atomic E-state index is 12.9. The molecule has 0 aromatic heterocycles. The van der Waals surface area contributed by atoms with E-state index >= 15 is 0 Å². The van der Waals surface area contributed by atoms with Gasteiger partial charge in [-0.1, -0.05) is 51.1 Å². The van der Waals surface area contributed by atoms with E-state index in [0.717, 1.165) is 39.6 Å². The van der Waals surface area contributed by atoms with E-state index in [1.54, 1.807) is 24.3 Å². The van der Waals surface area contributed by atoms with Gasteiger partial charge in [-0.3, -0.25) is 9.52 Å². The number of aromatic hydroxyl groups is 2. The molecule has 0 spiro atoms. The molecule has 0 unspecified atom stereocenters. The molecule has 0 fully saturated rings. The molecule has 0 saturated heterocycles. The van der Waals surface area contributed by atoms with Gasteiger partial charge in [-0.2, -0.15) is 0 Å². The van der Waals surface area contributed by atoms with E-state index in [9.17, 15) is 23.4 Å². The van der Waals surface area contributed by atoms with Gasteiger partial charge in [0, 0.05) is 18.6 Å². The van der Waals surface area contributed by atoms with Gasteiger partial charge in [-0.15, -0.1) is 0 Å². The highest BCUT2D eigenvalue weighted by atomic mass is 32.2. The number of hydrogen-bond acceptors (Lipinski definition) is 7. The standard InChI is InChI=1S/C36H53N3O6SSi/c1-24-16-29(40)17-25(2)30(24)22-37-34(42)19-26-12-11-13-27(18-26)21-36(6,7)38-23-33(45-47(9,10)35(3,4)5)28-14-15-32(41)31(20-28)39-46(8,43)44/h11-18,20,33,38-41H,19,21-23H2,1-10H3,(H,37,42)/t33-/m0/s1. The van der Waals surface area contributed by atoms with E-state index in [0.29, 0.717) is 19.5 Å². The van der Waals surface area contributed by atoms with E-state index in [2.05, 4.69) is 75.2 Å². The van der Waals surface area contributed by atoms with Gasteiger partial charge in [0.2, 0.25) is 15.9 Å². The Balaban J connectivity index is 1.73. The average molecular weight is 684 g/mol. The molecule has 0 aliphatic heterocycles. The Hall–Kier alpha value is -3.38. The second-order valence-electron chi connectivity index (χ2n) is 14.8. The third kappa shape index (κ3) is 11.4. The number of nitrogens with one attached hydrogen (secondary N) is 3. The number of carbonyl (C=O) groups excluding carboxylic acids is 1. The first-order chi connectivity index (χ1) is 21.5. The van der Waals surface area contributed by atoms with Gasteiger partial charge >= 0.3 is 0 Å². The van der Waals surface area contributed by atoms with Crippen molar-refractivity contribution >= 4 is 29.9 Å². The van der Waals surface area contributed by atoms with Crippen molar-refractivity contribution in [1.29, 1.82) is 0 Å². The molecular formula is C36H53N3O6SSi. The molecule has 11 heteroatoms. The van der Waals surface area contributed by atoms with Gasteiger partial charge < -0.3 is 25.3 Å². The van der Waals surface area contributed by atoms with Gasteiger partial charge in [0.05, 0.1) is 24.5 Å². The fraction of sp³-hybridized carbons (Fsp3) is 0.472. The first kappa shape index (κ1) is 38.1. The third-order valence-corrected chi connectivity index (χ3v) is 13.9. The lowest BCUT2D eigenvalue weighted by atomic mass is 9.93. The zero-order chi connectivity index (χ0) is 35.4. The minimum absolute atomic E-state index is 0.0556. The molecular weight excluding hydrogens is 631 g/mol. The highest BCUT2D eigenvalue weighted by molar-refractivity contribution is 7.92. The number of aryl methyl sites for hydroxylation is 2. The number of phenolic OH excluding ortho intramolecular Hbond substituents is 2. The summed E-state index contributed by atoms with van der Waals surface area (Å²) in [4.78, 5) is 12.9. The summed E-state index contributed by atoms with van der Waals surface area (Å²) >= 11 is 0. The van der Waals surface area contributed by atoms with Gasteiger partial charge in [0.15, 0.2) is 8.32 Å². The van der Waals surface area contributed by atoms with Crippen LogP contribution in [0.4, 0.5) is 5.69 Å². The number of rotatable bonds is 14. The van der Waals surface area contributed by atoms with Crippen LogP contribution in [-0.4, -0.2) is 51.2 Å². The summed E-state index contributed by atoms with van der Waals surface area (Å²) in [7, 11) is -5.84. The van der Waals surface area contributed by atoms with Crippen LogP contribution in [0, 0.1) is 13.8 Å². The van der Waals surface area contributed by atoms with Gasteiger partial charge in [-0.05, 0) is 110 Å².